The summed E-state index contributed by atoms with van der Waals surface area (Å²) in [4.78, 5) is 82.6. The van der Waals surface area contributed by atoms with E-state index < -0.39 is 11.9 Å². The van der Waals surface area contributed by atoms with E-state index in [-0.39, 0.29) is 42.3 Å². The number of anilines is 5. The summed E-state index contributed by atoms with van der Waals surface area (Å²) in [6.45, 7) is 3.86. The number of aromatic nitrogens is 2. The smallest absolute Gasteiger partial charge is 0.319 e. The van der Waals surface area contributed by atoms with Crippen LogP contribution in [-0.2, 0) is 25.7 Å². The number of piperidine rings is 1. The van der Waals surface area contributed by atoms with Gasteiger partial charge in [-0.15, -0.1) is 0 Å². The maximum Gasteiger partial charge on any atom is 0.319 e. The lowest BCUT2D eigenvalue weighted by atomic mass is 9.87. The summed E-state index contributed by atoms with van der Waals surface area (Å²) < 4.78 is 5.75. The van der Waals surface area contributed by atoms with Gasteiger partial charge < -0.3 is 35.4 Å². The molecule has 0 radical (unpaired) electrons. The maximum absolute atomic E-state index is 13.2. The number of ether oxygens (including phenoxy) is 1. The molecule has 8 rings (SSSR count). The predicted molar refractivity (Wildman–Crippen MR) is 240 cm³/mol. The largest absolute Gasteiger partial charge is 0.379 e. The fourth-order valence-electron chi connectivity index (χ4n) is 9.40. The molecule has 4 N–H and O–H groups in total. The van der Waals surface area contributed by atoms with Gasteiger partial charge in [-0.05, 0) is 99.2 Å². The van der Waals surface area contributed by atoms with Crippen LogP contribution in [0.15, 0.2) is 53.7 Å². The first-order valence-electron chi connectivity index (χ1n) is 22.4. The molecule has 0 spiro atoms. The molecule has 1 aromatic heterocycles. The molecule has 1 unspecified atom stereocenters. The minimum Gasteiger partial charge on any atom is -0.379 e. The third-order valence-corrected chi connectivity index (χ3v) is 12.8. The summed E-state index contributed by atoms with van der Waals surface area (Å²) in [5.41, 5.74) is 4.30. The van der Waals surface area contributed by atoms with Gasteiger partial charge in [-0.25, -0.2) is 9.78 Å². The molecule has 3 fully saturated rings. The number of nitrogens with one attached hydrogen (secondary N) is 4. The minimum absolute atomic E-state index is 0.0846. The van der Waals surface area contributed by atoms with Crippen molar-refractivity contribution in [1.29, 1.82) is 0 Å². The van der Waals surface area contributed by atoms with Crippen LogP contribution >= 0.6 is 0 Å². The first-order valence-corrected chi connectivity index (χ1v) is 22.4. The van der Waals surface area contributed by atoms with Crippen molar-refractivity contribution in [2.75, 3.05) is 47.2 Å². The number of amides is 6. The van der Waals surface area contributed by atoms with E-state index >= 15 is 0 Å². The van der Waals surface area contributed by atoms with E-state index in [0.717, 1.165) is 79.7 Å². The van der Waals surface area contributed by atoms with E-state index in [2.05, 4.69) is 54.9 Å². The molecule has 3 aromatic rings. The summed E-state index contributed by atoms with van der Waals surface area (Å²) in [6, 6.07) is 12.1. The van der Waals surface area contributed by atoms with E-state index in [9.17, 15) is 24.0 Å². The summed E-state index contributed by atoms with van der Waals surface area (Å²) in [6.07, 6.45) is 13.6. The zero-order valence-electron chi connectivity index (χ0n) is 36.0. The van der Waals surface area contributed by atoms with Gasteiger partial charge in [0.15, 0.2) is 5.82 Å². The molecule has 16 nitrogen and oxygen atoms in total. The van der Waals surface area contributed by atoms with Crippen LogP contribution in [0.3, 0.4) is 0 Å². The first-order chi connectivity index (χ1) is 30.7. The SMILES string of the molecule is CC[C@@H]1C(=O)N(C)c2cnc(Nc3ccc(NC(=O)NC4CCC(C=NCCOCCC#Cc5cccc6c5CN(C5CCC(=O)NC5=O)C6=O)CC4)cc3)nc2N1C1CCCC1. The Bertz CT molecular complexity index is 2290. The van der Waals surface area contributed by atoms with Crippen LogP contribution in [0.25, 0.3) is 0 Å². The van der Waals surface area contributed by atoms with Crippen molar-refractivity contribution in [2.24, 2.45) is 10.9 Å². The molecule has 5 aliphatic rings. The van der Waals surface area contributed by atoms with Gasteiger partial charge in [0.25, 0.3) is 5.91 Å². The standard InChI is InChI=1S/C47H56N10O6/c1-3-38-45(61)55(2)40-28-49-46(54-42(40)57(38)35-11-4-5-12-35)50-32-18-20-34(21-19-32)52-47(62)51-33-16-14-30(15-17-33)27-48-24-26-63-25-7-6-9-31-10-8-13-36-37(31)29-56(44(36)60)39-22-23-41(58)53-43(39)59/h8,10,13,18-21,27-28,30,33,35,38-39H,3-5,7,11-12,14-17,22-26,29H2,1-2H3,(H,49,50,54)(H2,51,52,62)(H,53,58,59)/t30?,33?,38-,39?/m1/s1. The van der Waals surface area contributed by atoms with Crippen LogP contribution < -0.4 is 31.1 Å². The van der Waals surface area contributed by atoms with Crippen LogP contribution in [0, 0.1) is 17.8 Å². The van der Waals surface area contributed by atoms with Crippen molar-refractivity contribution in [3.8, 4) is 11.8 Å². The van der Waals surface area contributed by atoms with Gasteiger partial charge in [-0.2, -0.15) is 4.98 Å². The molecular weight excluding hydrogens is 801 g/mol. The second-order valence-electron chi connectivity index (χ2n) is 16.9. The van der Waals surface area contributed by atoms with E-state index in [0.29, 0.717) is 74.7 Å². The lowest BCUT2D eigenvalue weighted by molar-refractivity contribution is -0.137. The second kappa shape index (κ2) is 19.8. The summed E-state index contributed by atoms with van der Waals surface area (Å²) >= 11 is 0. The maximum atomic E-state index is 13.2. The number of benzene rings is 2. The Morgan fingerprint density at radius 2 is 1.76 bits per heavy atom. The number of urea groups is 1. The quantitative estimate of drug-likeness (QED) is 0.0719. The number of carbonyl (C=O) groups excluding carboxylic acids is 5. The average Bonchev–Trinajstić information content (AvgIpc) is 3.94. The average molecular weight is 857 g/mol. The molecule has 63 heavy (non-hydrogen) atoms. The number of hydrogen-bond acceptors (Lipinski definition) is 11. The first kappa shape index (κ1) is 43.3. The highest BCUT2D eigenvalue weighted by Gasteiger charge is 2.42. The van der Waals surface area contributed by atoms with Crippen LogP contribution in [-0.4, -0.2) is 102 Å². The Balaban J connectivity index is 0.717. The predicted octanol–water partition coefficient (Wildman–Crippen LogP) is 5.69. The number of hydrogen-bond donors (Lipinski definition) is 4. The van der Waals surface area contributed by atoms with E-state index in [1.807, 2.05) is 36.5 Å². The van der Waals surface area contributed by atoms with Crippen LogP contribution in [0.5, 0.6) is 0 Å². The monoisotopic (exact) mass is 856 g/mol. The molecule has 330 valence electrons. The van der Waals surface area contributed by atoms with Gasteiger partial charge in [-0.3, -0.25) is 29.5 Å². The fraction of sp³-hybridized carbons (Fsp3) is 0.489. The van der Waals surface area contributed by atoms with Crippen molar-refractivity contribution in [1.82, 2.24) is 25.5 Å². The molecule has 2 aromatic carbocycles. The van der Waals surface area contributed by atoms with Crippen LogP contribution in [0.4, 0.5) is 33.6 Å². The van der Waals surface area contributed by atoms with Gasteiger partial charge >= 0.3 is 6.03 Å². The molecule has 2 atom stereocenters. The van der Waals surface area contributed by atoms with Crippen molar-refractivity contribution in [3.63, 3.8) is 0 Å². The highest BCUT2D eigenvalue weighted by molar-refractivity contribution is 6.06. The highest BCUT2D eigenvalue weighted by atomic mass is 16.5. The Hall–Kier alpha value is -6.34. The zero-order valence-corrected chi connectivity index (χ0v) is 36.0. The van der Waals surface area contributed by atoms with Crippen LogP contribution in [0.2, 0.25) is 0 Å². The lowest BCUT2D eigenvalue weighted by Gasteiger charge is -2.43. The minimum atomic E-state index is -0.655. The Kier molecular flexibility index (Phi) is 13.6. The molecule has 2 aliphatic carbocycles. The van der Waals surface area contributed by atoms with E-state index in [1.165, 1.54) is 4.90 Å². The second-order valence-corrected chi connectivity index (χ2v) is 16.9. The molecule has 0 bridgehead atoms. The zero-order chi connectivity index (χ0) is 43.9. The van der Waals surface area contributed by atoms with Gasteiger partial charge in [-0.1, -0.05) is 37.7 Å². The normalized spacial score (nSPS) is 22.4. The van der Waals surface area contributed by atoms with Gasteiger partial charge in [0.2, 0.25) is 23.7 Å². The number of aliphatic imine (C=N–C) groups is 1. The summed E-state index contributed by atoms with van der Waals surface area (Å²) in [7, 11) is 1.80. The van der Waals surface area contributed by atoms with Crippen molar-refractivity contribution >= 4 is 64.7 Å². The fourth-order valence-corrected chi connectivity index (χ4v) is 9.40. The molecule has 2 saturated carbocycles. The van der Waals surface area contributed by atoms with Crippen molar-refractivity contribution in [3.05, 3.63) is 65.4 Å². The summed E-state index contributed by atoms with van der Waals surface area (Å²) in [5.74, 6) is 7.06. The Morgan fingerprint density at radius 3 is 2.52 bits per heavy atom. The lowest BCUT2D eigenvalue weighted by Crippen LogP contribution is -2.55. The number of imide groups is 1. The van der Waals surface area contributed by atoms with Gasteiger partial charge in [0, 0.05) is 67.2 Å². The number of fused-ring (bicyclic) bond motifs is 2. The van der Waals surface area contributed by atoms with Crippen LogP contribution in [0.1, 0.15) is 105 Å². The number of likely N-dealkylation sites (N-methyl/N-ethyl adjacent to an activating group) is 1. The molecule has 3 aliphatic heterocycles. The molecule has 16 heteroatoms. The van der Waals surface area contributed by atoms with Crippen molar-refractivity contribution in [2.45, 2.75) is 115 Å². The van der Waals surface area contributed by atoms with Gasteiger partial charge in [0.05, 0.1) is 26.0 Å². The van der Waals surface area contributed by atoms with E-state index in [1.54, 1.807) is 30.3 Å². The highest BCUT2D eigenvalue weighted by Crippen LogP contribution is 2.40. The number of carbonyl (C=O) groups is 5. The third kappa shape index (κ3) is 9.99. The topological polar surface area (TPSA) is 191 Å². The van der Waals surface area contributed by atoms with Gasteiger partial charge in [0.1, 0.15) is 17.8 Å². The molecular formula is C47H56N10O6. The Morgan fingerprint density at radius 1 is 0.984 bits per heavy atom. The third-order valence-electron chi connectivity index (χ3n) is 12.8. The Labute approximate surface area is 368 Å². The number of rotatable bonds is 13. The summed E-state index contributed by atoms with van der Waals surface area (Å²) in [5, 5.41) is 11.7. The van der Waals surface area contributed by atoms with E-state index in [4.69, 9.17) is 9.72 Å². The molecule has 1 saturated heterocycles. The molecule has 4 heterocycles. The van der Waals surface area contributed by atoms with Crippen molar-refractivity contribution < 1.29 is 28.7 Å². The number of nitrogens with zero attached hydrogens (tertiary/aromatic N) is 6. The molecule has 6 amide bonds.